The van der Waals surface area contributed by atoms with E-state index in [0.29, 0.717) is 25.0 Å². The van der Waals surface area contributed by atoms with E-state index in [-0.39, 0.29) is 11.2 Å². The monoisotopic (exact) mass is 453 g/mol. The predicted octanol–water partition coefficient (Wildman–Crippen LogP) is 3.35. The van der Waals surface area contributed by atoms with Crippen molar-refractivity contribution >= 4 is 29.3 Å². The molecule has 0 saturated carbocycles. The van der Waals surface area contributed by atoms with Crippen LogP contribution in [0.4, 0.5) is 11.6 Å². The highest BCUT2D eigenvalue weighted by Crippen LogP contribution is 2.26. The second kappa shape index (κ2) is 10.5. The van der Waals surface area contributed by atoms with Crippen LogP contribution in [0, 0.1) is 0 Å². The molecule has 9 heteroatoms. The normalized spacial score (nSPS) is 14.8. The number of carbonyl (C=O) groups is 1. The lowest BCUT2D eigenvalue weighted by Gasteiger charge is -2.27. The fourth-order valence-corrected chi connectivity index (χ4v) is 4.09. The van der Waals surface area contributed by atoms with Gasteiger partial charge in [-0.1, -0.05) is 42.1 Å². The zero-order valence-electron chi connectivity index (χ0n) is 18.2. The molecule has 2 heterocycles. The third-order valence-electron chi connectivity index (χ3n) is 5.13. The van der Waals surface area contributed by atoms with Crippen LogP contribution in [-0.4, -0.2) is 52.2 Å². The number of carbonyl (C=O) groups excluding carboxylic acids is 1. The summed E-state index contributed by atoms with van der Waals surface area (Å²) in [5.41, 5.74) is 1.83. The summed E-state index contributed by atoms with van der Waals surface area (Å²) >= 11 is 1.39. The summed E-state index contributed by atoms with van der Waals surface area (Å²) in [6.07, 6.45) is 0. The van der Waals surface area contributed by atoms with E-state index in [1.54, 1.807) is 0 Å². The van der Waals surface area contributed by atoms with Gasteiger partial charge in [-0.2, -0.15) is 0 Å². The number of amides is 1. The lowest BCUT2D eigenvalue weighted by atomic mass is 10.2. The molecule has 1 aliphatic heterocycles. The Morgan fingerprint density at radius 3 is 2.56 bits per heavy atom. The molecule has 4 rings (SSSR count). The summed E-state index contributed by atoms with van der Waals surface area (Å²) < 4.78 is 13.1. The van der Waals surface area contributed by atoms with Gasteiger partial charge in [0, 0.05) is 25.8 Å². The number of thioether (sulfide) groups is 1. The Kier molecular flexibility index (Phi) is 7.28. The van der Waals surface area contributed by atoms with E-state index in [1.807, 2.05) is 73.1 Å². The number of rotatable bonds is 8. The Bertz CT molecular complexity index is 1020. The van der Waals surface area contributed by atoms with E-state index in [2.05, 4.69) is 20.4 Å². The lowest BCUT2D eigenvalue weighted by molar-refractivity contribution is -0.115. The molecule has 1 amide bonds. The van der Waals surface area contributed by atoms with E-state index in [4.69, 9.17) is 9.47 Å². The Balaban J connectivity index is 1.29. The number of morpholine rings is 1. The van der Waals surface area contributed by atoms with Gasteiger partial charge < -0.3 is 19.7 Å². The first-order chi connectivity index (χ1) is 15.6. The molecule has 2 aromatic carbocycles. The van der Waals surface area contributed by atoms with Crippen molar-refractivity contribution in [2.45, 2.75) is 23.9 Å². The molecule has 1 aromatic heterocycles. The molecule has 0 aliphatic carbocycles. The van der Waals surface area contributed by atoms with Crippen LogP contribution in [0.5, 0.6) is 5.75 Å². The van der Waals surface area contributed by atoms with Gasteiger partial charge in [-0.15, -0.1) is 10.2 Å². The van der Waals surface area contributed by atoms with Gasteiger partial charge in [0.05, 0.1) is 18.5 Å². The molecule has 1 fully saturated rings. The van der Waals surface area contributed by atoms with Crippen LogP contribution in [0.15, 0.2) is 59.8 Å². The quantitative estimate of drug-likeness (QED) is 0.524. The van der Waals surface area contributed by atoms with Crippen molar-refractivity contribution in [3.63, 3.8) is 0 Å². The van der Waals surface area contributed by atoms with Gasteiger partial charge in [-0.3, -0.25) is 9.36 Å². The highest BCUT2D eigenvalue weighted by Gasteiger charge is 2.22. The minimum Gasteiger partial charge on any atom is -0.489 e. The molecular formula is C23H27N5O3S. The molecule has 0 radical (unpaired) electrons. The first-order valence-electron chi connectivity index (χ1n) is 10.6. The van der Waals surface area contributed by atoms with Crippen LogP contribution < -0.4 is 15.0 Å². The topological polar surface area (TPSA) is 81.5 Å². The first kappa shape index (κ1) is 22.2. The first-order valence-corrected chi connectivity index (χ1v) is 11.4. The summed E-state index contributed by atoms with van der Waals surface area (Å²) in [4.78, 5) is 14.8. The van der Waals surface area contributed by atoms with Crippen LogP contribution >= 0.6 is 11.8 Å². The largest absolute Gasteiger partial charge is 0.489 e. The van der Waals surface area contributed by atoms with Gasteiger partial charge in [0.25, 0.3) is 0 Å². The Labute approximate surface area is 191 Å². The molecular weight excluding hydrogens is 426 g/mol. The Morgan fingerprint density at radius 2 is 1.84 bits per heavy atom. The number of anilines is 2. The summed E-state index contributed by atoms with van der Waals surface area (Å²) in [5, 5.41) is 11.9. The van der Waals surface area contributed by atoms with Gasteiger partial charge in [0.1, 0.15) is 12.4 Å². The molecule has 32 heavy (non-hydrogen) atoms. The number of hydrogen-bond acceptors (Lipinski definition) is 7. The fourth-order valence-electron chi connectivity index (χ4n) is 3.28. The van der Waals surface area contributed by atoms with Crippen molar-refractivity contribution in [3.05, 3.63) is 60.2 Å². The van der Waals surface area contributed by atoms with E-state index in [9.17, 15) is 4.79 Å². The summed E-state index contributed by atoms with van der Waals surface area (Å²) in [5.74, 6) is 1.46. The van der Waals surface area contributed by atoms with Crippen LogP contribution in [0.3, 0.4) is 0 Å². The summed E-state index contributed by atoms with van der Waals surface area (Å²) in [7, 11) is 1.92. The molecule has 0 bridgehead atoms. The standard InChI is InChI=1S/C23H27N5O3S/c1-17(32-23-26-25-22(27(23)2)28-12-14-30-15-13-28)21(29)24-19-8-10-20(11-9-19)31-16-18-6-4-3-5-7-18/h3-11,17H,12-16H2,1-2H3,(H,24,29). The van der Waals surface area contributed by atoms with Crippen LogP contribution in [0.2, 0.25) is 0 Å². The number of ether oxygens (including phenoxy) is 2. The van der Waals surface area contributed by atoms with Crippen LogP contribution in [0.25, 0.3) is 0 Å². The van der Waals surface area contributed by atoms with Crippen molar-refractivity contribution in [3.8, 4) is 5.75 Å². The molecule has 1 N–H and O–H groups in total. The van der Waals surface area contributed by atoms with Crippen molar-refractivity contribution in [2.24, 2.45) is 7.05 Å². The SMILES string of the molecule is CC(Sc1nnc(N2CCOCC2)n1C)C(=O)Nc1ccc(OCc2ccccc2)cc1. The predicted molar refractivity (Wildman–Crippen MR) is 125 cm³/mol. The molecule has 1 atom stereocenters. The van der Waals surface area contributed by atoms with Crippen LogP contribution in [-0.2, 0) is 23.2 Å². The molecule has 0 spiro atoms. The summed E-state index contributed by atoms with van der Waals surface area (Å²) in [6, 6.07) is 17.4. The average Bonchev–Trinajstić information content (AvgIpc) is 3.19. The van der Waals surface area contributed by atoms with Gasteiger partial charge in [-0.25, -0.2) is 0 Å². The second-order valence-electron chi connectivity index (χ2n) is 7.49. The van der Waals surface area contributed by atoms with Gasteiger partial charge in [0.15, 0.2) is 5.16 Å². The molecule has 1 saturated heterocycles. The number of aromatic nitrogens is 3. The number of hydrogen-bond donors (Lipinski definition) is 1. The van der Waals surface area contributed by atoms with Gasteiger partial charge >= 0.3 is 0 Å². The molecule has 1 aliphatic rings. The Morgan fingerprint density at radius 1 is 1.12 bits per heavy atom. The lowest BCUT2D eigenvalue weighted by Crippen LogP contribution is -2.37. The van der Waals surface area contributed by atoms with Gasteiger partial charge in [0.2, 0.25) is 11.9 Å². The minimum atomic E-state index is -0.329. The zero-order chi connectivity index (χ0) is 22.3. The molecule has 1 unspecified atom stereocenters. The number of benzene rings is 2. The smallest absolute Gasteiger partial charge is 0.237 e. The third-order valence-corrected chi connectivity index (χ3v) is 6.26. The van der Waals surface area contributed by atoms with E-state index >= 15 is 0 Å². The maximum absolute atomic E-state index is 12.7. The van der Waals surface area contributed by atoms with Crippen molar-refractivity contribution in [1.82, 2.24) is 14.8 Å². The molecule has 3 aromatic rings. The van der Waals surface area contributed by atoms with E-state index < -0.39 is 0 Å². The molecule has 168 valence electrons. The zero-order valence-corrected chi connectivity index (χ0v) is 19.0. The molecule has 8 nitrogen and oxygen atoms in total. The van der Waals surface area contributed by atoms with E-state index in [1.165, 1.54) is 11.8 Å². The van der Waals surface area contributed by atoms with Crippen molar-refractivity contribution in [1.29, 1.82) is 0 Å². The van der Waals surface area contributed by atoms with Crippen molar-refractivity contribution < 1.29 is 14.3 Å². The van der Waals surface area contributed by atoms with Crippen LogP contribution in [0.1, 0.15) is 12.5 Å². The summed E-state index contributed by atoms with van der Waals surface area (Å²) in [6.45, 7) is 5.31. The van der Waals surface area contributed by atoms with Crippen molar-refractivity contribution in [2.75, 3.05) is 36.5 Å². The maximum atomic E-state index is 12.7. The maximum Gasteiger partial charge on any atom is 0.237 e. The highest BCUT2D eigenvalue weighted by molar-refractivity contribution is 8.00. The minimum absolute atomic E-state index is 0.0936. The number of nitrogens with one attached hydrogen (secondary N) is 1. The third kappa shape index (κ3) is 5.60. The number of nitrogens with zero attached hydrogens (tertiary/aromatic N) is 4. The fraction of sp³-hybridized carbons (Fsp3) is 0.348. The van der Waals surface area contributed by atoms with Gasteiger partial charge in [-0.05, 0) is 36.8 Å². The van der Waals surface area contributed by atoms with E-state index in [0.717, 1.165) is 36.0 Å². The second-order valence-corrected chi connectivity index (χ2v) is 8.80. The Hall–Kier alpha value is -3.04. The highest BCUT2D eigenvalue weighted by atomic mass is 32.2. The average molecular weight is 454 g/mol.